The minimum Gasteiger partial charge on any atom is -0.354 e. The lowest BCUT2D eigenvalue weighted by Gasteiger charge is -2.06. The molecule has 7 aromatic rings. The third-order valence-corrected chi connectivity index (χ3v) is 9.19. The largest absolute Gasteiger partial charge is 0.354 e. The Hall–Kier alpha value is -6.92. The van der Waals surface area contributed by atoms with Crippen molar-refractivity contribution in [3.63, 3.8) is 0 Å². The predicted octanol–water partition coefficient (Wildman–Crippen LogP) is 10.2. The number of hydrogen-bond donors (Lipinski definition) is 2. The number of aromatic nitrogens is 4. The van der Waals surface area contributed by atoms with Crippen molar-refractivity contribution in [1.29, 1.82) is 0 Å². The number of rotatable bonds is 4. The number of H-pyrrole nitrogens is 2. The number of nitrogens with zero attached hydrogens (tertiary/aromatic N) is 2. The number of ketones is 2. The number of fused-ring (bicyclic) bond motifs is 8. The molecule has 236 valence electrons. The van der Waals surface area contributed by atoms with Gasteiger partial charge in [0.2, 0.25) is 0 Å². The second-order valence-electron chi connectivity index (χ2n) is 12.2. The van der Waals surface area contributed by atoms with Crippen LogP contribution in [-0.4, -0.2) is 31.5 Å². The summed E-state index contributed by atoms with van der Waals surface area (Å²) in [5, 5.41) is 0. The van der Waals surface area contributed by atoms with Crippen LogP contribution in [0.1, 0.15) is 32.4 Å². The highest BCUT2D eigenvalue weighted by Gasteiger charge is 2.33. The highest BCUT2D eigenvalue weighted by atomic mass is 16.2. The molecule has 2 aliphatic heterocycles. The monoisotopic (exact) mass is 644 g/mol. The van der Waals surface area contributed by atoms with Crippen molar-refractivity contribution in [2.45, 2.75) is 0 Å². The van der Waals surface area contributed by atoms with Gasteiger partial charge in [-0.15, -0.1) is 0 Å². The fourth-order valence-corrected chi connectivity index (χ4v) is 6.92. The molecule has 0 spiro atoms. The molecule has 0 saturated carbocycles. The smallest absolute Gasteiger partial charge is 0.254 e. The molecule has 3 aromatic heterocycles. The van der Waals surface area contributed by atoms with Crippen molar-refractivity contribution < 1.29 is 9.59 Å². The first-order chi connectivity index (χ1) is 24.6. The Morgan fingerprint density at radius 2 is 0.640 bits per heavy atom. The zero-order valence-electron chi connectivity index (χ0n) is 26.7. The van der Waals surface area contributed by atoms with E-state index in [1.54, 1.807) is 0 Å². The number of Topliss-reactive ketones (excluding diaryl/α,β-unsaturated/α-hetero) is 2. The van der Waals surface area contributed by atoms with Gasteiger partial charge in [-0.25, -0.2) is 9.97 Å². The van der Waals surface area contributed by atoms with E-state index in [-0.39, 0.29) is 11.4 Å². The van der Waals surface area contributed by atoms with Crippen LogP contribution in [0.3, 0.4) is 0 Å². The van der Waals surface area contributed by atoms with Crippen LogP contribution in [-0.2, 0) is 0 Å². The highest BCUT2D eigenvalue weighted by molar-refractivity contribution is 6.52. The minimum absolute atomic E-state index is 0.100. The van der Waals surface area contributed by atoms with E-state index in [1.807, 2.05) is 121 Å². The molecule has 0 aliphatic carbocycles. The summed E-state index contributed by atoms with van der Waals surface area (Å²) in [6.07, 6.45) is 4.10. The summed E-state index contributed by atoms with van der Waals surface area (Å²) in [4.78, 5) is 45.6. The second kappa shape index (κ2) is 12.0. The van der Waals surface area contributed by atoms with Gasteiger partial charge in [-0.1, -0.05) is 121 Å². The van der Waals surface area contributed by atoms with Crippen LogP contribution in [0, 0.1) is 0 Å². The molecule has 0 unspecified atom stereocenters. The molecule has 0 fully saturated rings. The van der Waals surface area contributed by atoms with Gasteiger partial charge in [0.15, 0.2) is 0 Å². The molecular weight excluding hydrogens is 617 g/mol. The molecule has 50 heavy (non-hydrogen) atoms. The first-order valence-electron chi connectivity index (χ1n) is 16.4. The topological polar surface area (TPSA) is 91.5 Å². The number of benzene rings is 4. The van der Waals surface area contributed by atoms with Crippen LogP contribution < -0.4 is 0 Å². The van der Waals surface area contributed by atoms with E-state index in [0.717, 1.165) is 55.8 Å². The summed E-state index contributed by atoms with van der Waals surface area (Å²) in [6.45, 7) is 0. The minimum atomic E-state index is -0.648. The summed E-state index contributed by atoms with van der Waals surface area (Å²) >= 11 is 0. The predicted molar refractivity (Wildman–Crippen MR) is 200 cm³/mol. The fourth-order valence-electron chi connectivity index (χ4n) is 6.92. The molecule has 2 N–H and O–H groups in total. The van der Waals surface area contributed by atoms with Gasteiger partial charge in [0.25, 0.3) is 11.6 Å². The maximum Gasteiger partial charge on any atom is 0.254 e. The number of carbonyl (C=O) groups excluding carboxylic acids is 2. The number of aromatic amines is 2. The van der Waals surface area contributed by atoms with Crippen molar-refractivity contribution in [3.05, 3.63) is 168 Å². The van der Waals surface area contributed by atoms with Gasteiger partial charge in [-0.05, 0) is 58.7 Å². The van der Waals surface area contributed by atoms with Crippen LogP contribution >= 0.6 is 0 Å². The molecule has 5 heterocycles. The van der Waals surface area contributed by atoms with E-state index in [2.05, 4.69) is 46.4 Å². The van der Waals surface area contributed by atoms with Gasteiger partial charge in [0.1, 0.15) is 11.4 Å². The lowest BCUT2D eigenvalue weighted by molar-refractivity contribution is 0.0826. The van der Waals surface area contributed by atoms with Crippen LogP contribution in [0.25, 0.3) is 78.7 Å². The van der Waals surface area contributed by atoms with E-state index < -0.39 is 11.6 Å². The zero-order valence-corrected chi connectivity index (χ0v) is 26.7. The molecule has 2 aliphatic rings. The maximum absolute atomic E-state index is 14.1. The Kier molecular flexibility index (Phi) is 6.99. The van der Waals surface area contributed by atoms with E-state index in [0.29, 0.717) is 22.2 Å². The highest BCUT2D eigenvalue weighted by Crippen LogP contribution is 2.38. The van der Waals surface area contributed by atoms with Crippen molar-refractivity contribution in [3.8, 4) is 44.5 Å². The Morgan fingerprint density at radius 1 is 0.340 bits per heavy atom. The molecule has 0 radical (unpaired) electrons. The molecule has 8 bridgehead atoms. The van der Waals surface area contributed by atoms with Crippen molar-refractivity contribution >= 4 is 45.8 Å². The quantitative estimate of drug-likeness (QED) is 0.187. The summed E-state index contributed by atoms with van der Waals surface area (Å²) in [7, 11) is 0. The van der Waals surface area contributed by atoms with E-state index >= 15 is 0 Å². The maximum atomic E-state index is 14.1. The SMILES string of the molecule is O=C1C(=O)c2nc1c(-c1ccccc1)c1ccc([nH]1)c(-c1ccccc1)c1nc(c(-c3ccccc3)c3ccc([nH]3)c2-c2ccccc2)C=C1. The van der Waals surface area contributed by atoms with Crippen molar-refractivity contribution in [1.82, 2.24) is 19.9 Å². The van der Waals surface area contributed by atoms with E-state index in [9.17, 15) is 9.59 Å². The fraction of sp³-hybridized carbons (Fsp3) is 0. The second-order valence-corrected chi connectivity index (χ2v) is 12.2. The average molecular weight is 645 g/mol. The van der Waals surface area contributed by atoms with Crippen LogP contribution in [0.15, 0.2) is 146 Å². The normalized spacial score (nSPS) is 12.4. The first kappa shape index (κ1) is 29.2. The van der Waals surface area contributed by atoms with Crippen LogP contribution in [0.2, 0.25) is 0 Å². The molecule has 0 atom stereocenters. The van der Waals surface area contributed by atoms with Gasteiger partial charge in [0.05, 0.1) is 11.4 Å². The Bertz CT molecular complexity index is 2470. The molecule has 0 saturated heterocycles. The third-order valence-electron chi connectivity index (χ3n) is 9.19. The standard InChI is InChI=1S/C44H28N4O2/c49-43-41-39(29-17-9-3-10-18-29)35-25-23-33(46-35)37(27-13-5-1-6-14-27)31-21-22-32(45-31)38(28-15-7-2-8-16-28)34-24-26-36(47-34)40(42(48-41)44(43)50)30-19-11-4-12-20-30/h1-26,46-47H. The molecule has 0 amide bonds. The summed E-state index contributed by atoms with van der Waals surface area (Å²) in [5.41, 5.74) is 11.2. The first-order valence-corrected chi connectivity index (χ1v) is 16.4. The molecule has 4 aromatic carbocycles. The van der Waals surface area contributed by atoms with Gasteiger partial charge >= 0.3 is 0 Å². The average Bonchev–Trinajstić information content (AvgIpc) is 3.99. The lowest BCUT2D eigenvalue weighted by atomic mass is 9.99. The van der Waals surface area contributed by atoms with Crippen LogP contribution in [0.4, 0.5) is 0 Å². The summed E-state index contributed by atoms with van der Waals surface area (Å²) in [5.74, 6) is -1.30. The number of nitrogens with one attached hydrogen (secondary N) is 2. The molecule has 6 nitrogen and oxygen atoms in total. The van der Waals surface area contributed by atoms with Gasteiger partial charge in [-0.3, -0.25) is 9.59 Å². The van der Waals surface area contributed by atoms with Crippen molar-refractivity contribution in [2.24, 2.45) is 0 Å². The Morgan fingerprint density at radius 3 is 0.980 bits per heavy atom. The molecule has 9 rings (SSSR count). The van der Waals surface area contributed by atoms with Gasteiger partial charge in [-0.2, -0.15) is 0 Å². The molecule has 6 heteroatoms. The van der Waals surface area contributed by atoms with Gasteiger partial charge < -0.3 is 9.97 Å². The van der Waals surface area contributed by atoms with E-state index in [1.165, 1.54) is 0 Å². The zero-order chi connectivity index (χ0) is 33.6. The summed E-state index contributed by atoms with van der Waals surface area (Å²) < 4.78 is 0. The van der Waals surface area contributed by atoms with Gasteiger partial charge in [0, 0.05) is 44.3 Å². The third kappa shape index (κ3) is 4.90. The Balaban J connectivity index is 1.52. The molecular formula is C44H28N4O2. The Labute approximate surface area is 287 Å². The number of hydrogen-bond acceptors (Lipinski definition) is 4. The summed E-state index contributed by atoms with van der Waals surface area (Å²) in [6, 6.07) is 47.4. The van der Waals surface area contributed by atoms with Crippen LogP contribution in [0.5, 0.6) is 0 Å². The van der Waals surface area contributed by atoms with Crippen molar-refractivity contribution in [2.75, 3.05) is 0 Å². The number of carbonyl (C=O) groups is 2. The lowest BCUT2D eigenvalue weighted by Crippen LogP contribution is -2.09. The van der Waals surface area contributed by atoms with E-state index in [4.69, 9.17) is 9.97 Å².